The van der Waals surface area contributed by atoms with Gasteiger partial charge in [0.1, 0.15) is 6.29 Å². The molecule has 0 aliphatic carbocycles. The Bertz CT molecular complexity index is 429. The lowest BCUT2D eigenvalue weighted by Crippen LogP contribution is -2.40. The Balaban J connectivity index is 2.74. The summed E-state index contributed by atoms with van der Waals surface area (Å²) in [6.45, 7) is 12.0. The van der Waals surface area contributed by atoms with Gasteiger partial charge < -0.3 is 9.53 Å². The molecule has 2 nitrogen and oxygen atoms in total. The number of aryl methyl sites for hydroxylation is 1. The summed E-state index contributed by atoms with van der Waals surface area (Å²) in [4.78, 5) is 12.5. The van der Waals surface area contributed by atoms with E-state index in [0.29, 0.717) is 0 Å². The minimum absolute atomic E-state index is 0.105. The van der Waals surface area contributed by atoms with Gasteiger partial charge >= 0.3 is 0 Å². The summed E-state index contributed by atoms with van der Waals surface area (Å²) in [6.07, 6.45) is 0.894. The van der Waals surface area contributed by atoms with Crippen LogP contribution in [0.15, 0.2) is 29.2 Å². The van der Waals surface area contributed by atoms with E-state index >= 15 is 0 Å². The fourth-order valence-corrected chi connectivity index (χ4v) is 2.88. The predicted molar refractivity (Wildman–Crippen MR) is 86.4 cm³/mol. The number of hydrogen-bond donors (Lipinski definition) is 0. The molecule has 0 heterocycles. The highest BCUT2D eigenvalue weighted by Crippen LogP contribution is 2.30. The molecule has 1 rings (SSSR count). The summed E-state index contributed by atoms with van der Waals surface area (Å²) in [7, 11) is 0. The van der Waals surface area contributed by atoms with Crippen LogP contribution in [0.25, 0.3) is 0 Å². The average molecular weight is 294 g/mol. The minimum atomic E-state index is -0.481. The number of hydrogen-bond acceptors (Lipinski definition) is 3. The van der Waals surface area contributed by atoms with Crippen LogP contribution in [0.5, 0.6) is 0 Å². The molecule has 0 N–H and O–H groups in total. The highest BCUT2D eigenvalue weighted by atomic mass is 32.2. The third-order valence-corrected chi connectivity index (χ3v) is 4.13. The average Bonchev–Trinajstić information content (AvgIpc) is 2.35. The zero-order valence-corrected chi connectivity index (χ0v) is 14.2. The molecule has 3 heteroatoms. The lowest BCUT2D eigenvalue weighted by molar-refractivity contribution is -0.132. The maximum Gasteiger partial charge on any atom is 0.128 e. The first-order valence-corrected chi connectivity index (χ1v) is 7.96. The van der Waals surface area contributed by atoms with Crippen molar-refractivity contribution in [3.8, 4) is 0 Å². The number of rotatable bonds is 6. The van der Waals surface area contributed by atoms with Gasteiger partial charge in [-0.3, -0.25) is 0 Å². The summed E-state index contributed by atoms with van der Waals surface area (Å²) in [5.41, 5.74) is 0.522. The second kappa shape index (κ2) is 6.77. The van der Waals surface area contributed by atoms with Gasteiger partial charge in [0.2, 0.25) is 0 Å². The Morgan fingerprint density at radius 3 is 2.15 bits per heavy atom. The molecule has 0 aliphatic rings. The van der Waals surface area contributed by atoms with Gasteiger partial charge in [0.15, 0.2) is 0 Å². The molecule has 1 atom stereocenters. The van der Waals surface area contributed by atoms with Crippen molar-refractivity contribution >= 4 is 18.0 Å². The van der Waals surface area contributed by atoms with E-state index in [1.165, 1.54) is 10.5 Å². The lowest BCUT2D eigenvalue weighted by Gasteiger charge is -2.35. The van der Waals surface area contributed by atoms with Crippen molar-refractivity contribution in [1.29, 1.82) is 0 Å². The van der Waals surface area contributed by atoms with Crippen LogP contribution in [-0.4, -0.2) is 23.7 Å². The molecule has 0 fully saturated rings. The molecule has 112 valence electrons. The number of benzene rings is 1. The van der Waals surface area contributed by atoms with Crippen molar-refractivity contribution in [3.05, 3.63) is 29.8 Å². The van der Waals surface area contributed by atoms with Crippen LogP contribution in [0.3, 0.4) is 0 Å². The Morgan fingerprint density at radius 1 is 1.15 bits per heavy atom. The third kappa shape index (κ3) is 5.68. The van der Waals surface area contributed by atoms with Crippen molar-refractivity contribution in [3.63, 3.8) is 0 Å². The van der Waals surface area contributed by atoms with Crippen LogP contribution < -0.4 is 0 Å². The van der Waals surface area contributed by atoms with Crippen LogP contribution in [0.4, 0.5) is 0 Å². The molecule has 0 saturated carbocycles. The van der Waals surface area contributed by atoms with Crippen molar-refractivity contribution < 1.29 is 9.53 Å². The van der Waals surface area contributed by atoms with Gasteiger partial charge in [-0.25, -0.2) is 0 Å². The van der Waals surface area contributed by atoms with E-state index in [1.54, 1.807) is 11.8 Å². The standard InChI is InChI=1S/C17H26O2S/c1-13-7-9-14(10-8-13)20-11-15(17(5,6)12-18)19-16(2,3)4/h7-10,12,15H,11H2,1-6H3. The highest BCUT2D eigenvalue weighted by molar-refractivity contribution is 7.99. The third-order valence-electron chi connectivity index (χ3n) is 3.05. The van der Waals surface area contributed by atoms with Crippen LogP contribution in [0.1, 0.15) is 40.2 Å². The van der Waals surface area contributed by atoms with Gasteiger partial charge in [-0.15, -0.1) is 11.8 Å². The van der Waals surface area contributed by atoms with Gasteiger partial charge in [0.05, 0.1) is 11.7 Å². The SMILES string of the molecule is Cc1ccc(SCC(OC(C)(C)C)C(C)(C)C=O)cc1. The Labute approximate surface area is 127 Å². The molecule has 1 aromatic rings. The van der Waals surface area contributed by atoms with Crippen molar-refractivity contribution in [2.75, 3.05) is 5.75 Å². The van der Waals surface area contributed by atoms with E-state index in [0.717, 1.165) is 12.0 Å². The van der Waals surface area contributed by atoms with Gasteiger partial charge in [-0.05, 0) is 39.8 Å². The lowest BCUT2D eigenvalue weighted by atomic mass is 9.89. The van der Waals surface area contributed by atoms with Crippen molar-refractivity contribution in [2.45, 2.75) is 58.1 Å². The molecular formula is C17H26O2S. The van der Waals surface area contributed by atoms with Gasteiger partial charge in [-0.1, -0.05) is 31.5 Å². The molecule has 0 radical (unpaired) electrons. The second-order valence-electron chi connectivity index (χ2n) is 6.78. The molecule has 1 aromatic carbocycles. The zero-order valence-electron chi connectivity index (χ0n) is 13.4. The van der Waals surface area contributed by atoms with E-state index in [4.69, 9.17) is 4.74 Å². The van der Waals surface area contributed by atoms with Crippen LogP contribution >= 0.6 is 11.8 Å². The normalized spacial score (nSPS) is 14.1. The Hall–Kier alpha value is -0.800. The molecule has 0 amide bonds. The van der Waals surface area contributed by atoms with E-state index in [1.807, 2.05) is 34.6 Å². The first-order chi connectivity index (χ1) is 9.14. The summed E-state index contributed by atoms with van der Waals surface area (Å²) in [5.74, 6) is 0.770. The second-order valence-corrected chi connectivity index (χ2v) is 7.88. The maximum atomic E-state index is 11.3. The Morgan fingerprint density at radius 2 is 1.70 bits per heavy atom. The fraction of sp³-hybridized carbons (Fsp3) is 0.588. The quantitative estimate of drug-likeness (QED) is 0.571. The molecule has 1 unspecified atom stereocenters. The minimum Gasteiger partial charge on any atom is -0.371 e. The number of aldehydes is 1. The molecule has 20 heavy (non-hydrogen) atoms. The first-order valence-electron chi connectivity index (χ1n) is 6.98. The summed E-state index contributed by atoms with van der Waals surface area (Å²) in [5, 5.41) is 0. The smallest absolute Gasteiger partial charge is 0.128 e. The largest absolute Gasteiger partial charge is 0.371 e. The van der Waals surface area contributed by atoms with Crippen LogP contribution in [0, 0.1) is 12.3 Å². The predicted octanol–water partition coefficient (Wildman–Crippen LogP) is 4.50. The van der Waals surface area contributed by atoms with Gasteiger partial charge in [0.25, 0.3) is 0 Å². The fourth-order valence-electron chi connectivity index (χ4n) is 1.71. The molecular weight excluding hydrogens is 268 g/mol. The van der Waals surface area contributed by atoms with E-state index in [-0.39, 0.29) is 11.7 Å². The maximum absolute atomic E-state index is 11.3. The number of thioether (sulfide) groups is 1. The Kier molecular flexibility index (Phi) is 5.84. The van der Waals surface area contributed by atoms with Crippen LogP contribution in [-0.2, 0) is 9.53 Å². The molecule has 0 bridgehead atoms. The molecule has 0 aromatic heterocycles. The molecule has 0 aliphatic heterocycles. The molecule has 0 saturated heterocycles. The van der Waals surface area contributed by atoms with Crippen molar-refractivity contribution in [2.24, 2.45) is 5.41 Å². The van der Waals surface area contributed by atoms with E-state index in [9.17, 15) is 4.79 Å². The van der Waals surface area contributed by atoms with E-state index in [2.05, 4.69) is 31.2 Å². The van der Waals surface area contributed by atoms with E-state index < -0.39 is 5.41 Å². The summed E-state index contributed by atoms with van der Waals surface area (Å²) in [6, 6.07) is 8.43. The van der Waals surface area contributed by atoms with Gasteiger partial charge in [-0.2, -0.15) is 0 Å². The number of carbonyl (C=O) groups excluding carboxylic acids is 1. The number of carbonyl (C=O) groups is 1. The van der Waals surface area contributed by atoms with Gasteiger partial charge in [0, 0.05) is 16.1 Å². The summed E-state index contributed by atoms with van der Waals surface area (Å²) >= 11 is 1.74. The van der Waals surface area contributed by atoms with Crippen molar-refractivity contribution in [1.82, 2.24) is 0 Å². The van der Waals surface area contributed by atoms with Crippen LogP contribution in [0.2, 0.25) is 0 Å². The first kappa shape index (κ1) is 17.3. The monoisotopic (exact) mass is 294 g/mol. The number of ether oxygens (including phenoxy) is 1. The summed E-state index contributed by atoms with van der Waals surface area (Å²) < 4.78 is 6.09. The molecule has 0 spiro atoms. The zero-order chi connectivity index (χ0) is 15.4. The highest BCUT2D eigenvalue weighted by Gasteiger charge is 2.33. The topological polar surface area (TPSA) is 26.3 Å².